The first-order chi connectivity index (χ1) is 7.57. The molecule has 0 aliphatic rings. The second-order valence-corrected chi connectivity index (χ2v) is 4.55. The molecule has 0 saturated carbocycles. The molecule has 0 aromatic carbocycles. The van der Waals surface area contributed by atoms with Crippen LogP contribution in [0.2, 0.25) is 0 Å². The minimum atomic E-state index is -0.334. The summed E-state index contributed by atoms with van der Waals surface area (Å²) in [7, 11) is 4.11. The van der Waals surface area contributed by atoms with Crippen LogP contribution in [0.5, 0.6) is 0 Å². The van der Waals surface area contributed by atoms with Gasteiger partial charge in [0, 0.05) is 6.54 Å². The number of hydrogen-bond acceptors (Lipinski definition) is 3. The Labute approximate surface area is 99.6 Å². The van der Waals surface area contributed by atoms with E-state index in [4.69, 9.17) is 5.73 Å². The van der Waals surface area contributed by atoms with Crippen molar-refractivity contribution in [3.8, 4) is 0 Å². The molecular weight excluding hydrogens is 202 g/mol. The van der Waals surface area contributed by atoms with E-state index in [1.165, 1.54) is 0 Å². The zero-order valence-corrected chi connectivity index (χ0v) is 11.0. The van der Waals surface area contributed by atoms with Gasteiger partial charge in [0.1, 0.15) is 0 Å². The van der Waals surface area contributed by atoms with Gasteiger partial charge in [0.05, 0.1) is 6.04 Å². The number of rotatable bonds is 9. The van der Waals surface area contributed by atoms with E-state index in [0.717, 1.165) is 45.2 Å². The van der Waals surface area contributed by atoms with Crippen LogP contribution in [0, 0.1) is 0 Å². The highest BCUT2D eigenvalue weighted by Gasteiger charge is 2.11. The van der Waals surface area contributed by atoms with Crippen LogP contribution in [-0.4, -0.2) is 44.0 Å². The largest absolute Gasteiger partial charge is 0.355 e. The fourth-order valence-corrected chi connectivity index (χ4v) is 1.44. The van der Waals surface area contributed by atoms with Gasteiger partial charge in [0.2, 0.25) is 5.91 Å². The van der Waals surface area contributed by atoms with E-state index >= 15 is 0 Å². The summed E-state index contributed by atoms with van der Waals surface area (Å²) in [5.41, 5.74) is 5.79. The molecule has 0 aliphatic heterocycles. The van der Waals surface area contributed by atoms with Crippen molar-refractivity contribution in [2.75, 3.05) is 27.2 Å². The molecule has 0 rings (SSSR count). The van der Waals surface area contributed by atoms with E-state index in [2.05, 4.69) is 31.2 Å². The van der Waals surface area contributed by atoms with Gasteiger partial charge < -0.3 is 16.0 Å². The SMILES string of the molecule is CCCCNC(=O)C(N)CCCCN(C)C. The molecule has 0 spiro atoms. The van der Waals surface area contributed by atoms with E-state index in [1.54, 1.807) is 0 Å². The van der Waals surface area contributed by atoms with Crippen LogP contribution < -0.4 is 11.1 Å². The molecule has 0 bridgehead atoms. The van der Waals surface area contributed by atoms with Crippen LogP contribution in [0.4, 0.5) is 0 Å². The van der Waals surface area contributed by atoms with Gasteiger partial charge in [-0.2, -0.15) is 0 Å². The molecular formula is C12H27N3O. The Hall–Kier alpha value is -0.610. The average molecular weight is 229 g/mol. The quantitative estimate of drug-likeness (QED) is 0.579. The summed E-state index contributed by atoms with van der Waals surface area (Å²) in [6.07, 6.45) is 5.02. The Balaban J connectivity index is 3.47. The Bertz CT molecular complexity index is 183. The molecule has 0 aliphatic carbocycles. The lowest BCUT2D eigenvalue weighted by molar-refractivity contribution is -0.122. The summed E-state index contributed by atoms with van der Waals surface area (Å²) in [5, 5.41) is 2.86. The first-order valence-electron chi connectivity index (χ1n) is 6.26. The zero-order chi connectivity index (χ0) is 12.4. The van der Waals surface area contributed by atoms with Gasteiger partial charge in [-0.25, -0.2) is 0 Å². The monoisotopic (exact) mass is 229 g/mol. The highest BCUT2D eigenvalue weighted by molar-refractivity contribution is 5.81. The number of nitrogens with two attached hydrogens (primary N) is 1. The summed E-state index contributed by atoms with van der Waals surface area (Å²) in [6.45, 7) is 3.91. The van der Waals surface area contributed by atoms with Crippen molar-refractivity contribution in [3.05, 3.63) is 0 Å². The third-order valence-corrected chi connectivity index (χ3v) is 2.54. The fraction of sp³-hybridized carbons (Fsp3) is 0.917. The third kappa shape index (κ3) is 8.68. The number of amides is 1. The predicted octanol–water partition coefficient (Wildman–Crippen LogP) is 0.962. The van der Waals surface area contributed by atoms with Gasteiger partial charge in [0.25, 0.3) is 0 Å². The Morgan fingerprint density at radius 1 is 1.31 bits per heavy atom. The Morgan fingerprint density at radius 3 is 2.56 bits per heavy atom. The summed E-state index contributed by atoms with van der Waals surface area (Å²) >= 11 is 0. The first-order valence-corrected chi connectivity index (χ1v) is 6.26. The molecule has 3 N–H and O–H groups in total. The summed E-state index contributed by atoms with van der Waals surface area (Å²) in [4.78, 5) is 13.6. The number of carbonyl (C=O) groups excluding carboxylic acids is 1. The standard InChI is InChI=1S/C12H27N3O/c1-4-5-9-14-12(16)11(13)8-6-7-10-15(2)3/h11H,4-10,13H2,1-3H3,(H,14,16). The minimum absolute atomic E-state index is 0.00157. The number of nitrogens with one attached hydrogen (secondary N) is 1. The van der Waals surface area contributed by atoms with Crippen LogP contribution in [-0.2, 0) is 4.79 Å². The van der Waals surface area contributed by atoms with Crippen LogP contribution in [0.15, 0.2) is 0 Å². The molecule has 4 nitrogen and oxygen atoms in total. The lowest BCUT2D eigenvalue weighted by Gasteiger charge is -2.13. The topological polar surface area (TPSA) is 58.4 Å². The van der Waals surface area contributed by atoms with E-state index in [1.807, 2.05) is 0 Å². The van der Waals surface area contributed by atoms with Crippen molar-refractivity contribution in [2.24, 2.45) is 5.73 Å². The fourth-order valence-electron chi connectivity index (χ4n) is 1.44. The van der Waals surface area contributed by atoms with E-state index in [-0.39, 0.29) is 11.9 Å². The molecule has 1 amide bonds. The Kier molecular flexibility index (Phi) is 9.24. The number of carbonyl (C=O) groups is 1. The van der Waals surface area contributed by atoms with Gasteiger partial charge in [-0.1, -0.05) is 19.8 Å². The molecule has 0 saturated heterocycles. The zero-order valence-electron chi connectivity index (χ0n) is 11.0. The molecule has 16 heavy (non-hydrogen) atoms. The molecule has 0 fully saturated rings. The van der Waals surface area contributed by atoms with E-state index in [0.29, 0.717) is 0 Å². The lowest BCUT2D eigenvalue weighted by Crippen LogP contribution is -2.40. The molecule has 4 heteroatoms. The van der Waals surface area contributed by atoms with Crippen LogP contribution in [0.3, 0.4) is 0 Å². The number of unbranched alkanes of at least 4 members (excludes halogenated alkanes) is 2. The predicted molar refractivity (Wildman–Crippen MR) is 68.3 cm³/mol. The molecule has 96 valence electrons. The van der Waals surface area contributed by atoms with E-state index in [9.17, 15) is 4.79 Å². The van der Waals surface area contributed by atoms with Crippen LogP contribution >= 0.6 is 0 Å². The maximum absolute atomic E-state index is 11.5. The number of nitrogens with zero attached hydrogens (tertiary/aromatic N) is 1. The first kappa shape index (κ1) is 15.4. The van der Waals surface area contributed by atoms with E-state index < -0.39 is 0 Å². The molecule has 0 radical (unpaired) electrons. The van der Waals surface area contributed by atoms with Crippen molar-refractivity contribution < 1.29 is 4.79 Å². The van der Waals surface area contributed by atoms with Crippen LogP contribution in [0.1, 0.15) is 39.0 Å². The average Bonchev–Trinajstić information content (AvgIpc) is 2.24. The summed E-state index contributed by atoms with van der Waals surface area (Å²) in [6, 6.07) is -0.334. The Morgan fingerprint density at radius 2 is 2.00 bits per heavy atom. The molecule has 1 atom stereocenters. The molecule has 1 unspecified atom stereocenters. The second kappa shape index (κ2) is 9.60. The van der Waals surface area contributed by atoms with Gasteiger partial charge in [-0.15, -0.1) is 0 Å². The molecule has 0 aromatic heterocycles. The van der Waals surface area contributed by atoms with Crippen molar-refractivity contribution in [3.63, 3.8) is 0 Å². The molecule has 0 aromatic rings. The number of hydrogen-bond donors (Lipinski definition) is 2. The summed E-state index contributed by atoms with van der Waals surface area (Å²) in [5.74, 6) is -0.00157. The summed E-state index contributed by atoms with van der Waals surface area (Å²) < 4.78 is 0. The van der Waals surface area contributed by atoms with Gasteiger partial charge >= 0.3 is 0 Å². The maximum atomic E-state index is 11.5. The normalized spacial score (nSPS) is 12.8. The smallest absolute Gasteiger partial charge is 0.236 e. The lowest BCUT2D eigenvalue weighted by atomic mass is 10.1. The maximum Gasteiger partial charge on any atom is 0.236 e. The van der Waals surface area contributed by atoms with Crippen molar-refractivity contribution in [1.29, 1.82) is 0 Å². The minimum Gasteiger partial charge on any atom is -0.355 e. The highest BCUT2D eigenvalue weighted by atomic mass is 16.2. The van der Waals surface area contributed by atoms with Crippen LogP contribution in [0.25, 0.3) is 0 Å². The van der Waals surface area contributed by atoms with Gasteiger partial charge in [-0.3, -0.25) is 4.79 Å². The van der Waals surface area contributed by atoms with Crippen molar-refractivity contribution >= 4 is 5.91 Å². The van der Waals surface area contributed by atoms with Gasteiger partial charge in [-0.05, 0) is 39.9 Å². The van der Waals surface area contributed by atoms with Crippen molar-refractivity contribution in [1.82, 2.24) is 10.2 Å². The highest BCUT2D eigenvalue weighted by Crippen LogP contribution is 2.00. The van der Waals surface area contributed by atoms with Crippen molar-refractivity contribution in [2.45, 2.75) is 45.1 Å². The molecule has 0 heterocycles. The third-order valence-electron chi connectivity index (χ3n) is 2.54. The second-order valence-electron chi connectivity index (χ2n) is 4.55. The van der Waals surface area contributed by atoms with Gasteiger partial charge in [0.15, 0.2) is 0 Å².